The summed E-state index contributed by atoms with van der Waals surface area (Å²) in [6.07, 6.45) is 5.25. The zero-order valence-electron chi connectivity index (χ0n) is 7.63. The second kappa shape index (κ2) is 4.06. The molecule has 1 aromatic carbocycles. The third kappa shape index (κ3) is 1.90. The van der Waals surface area contributed by atoms with Crippen molar-refractivity contribution in [1.29, 1.82) is 0 Å². The van der Waals surface area contributed by atoms with Crippen LogP contribution < -0.4 is 0 Å². The Kier molecular flexibility index (Phi) is 2.77. The van der Waals surface area contributed by atoms with Crippen LogP contribution in [-0.2, 0) is 0 Å². The topological polar surface area (TPSA) is 0 Å². The molecule has 0 bridgehead atoms. The SMILES string of the molecule is C#Cc1cc(-c2cccc(Cl)c2F)cs1. The average molecular weight is 237 g/mol. The molecule has 0 N–H and O–H groups in total. The predicted octanol–water partition coefficient (Wildman–Crippen LogP) is 4.19. The fourth-order valence-electron chi connectivity index (χ4n) is 1.28. The maximum atomic E-state index is 13.6. The Morgan fingerprint density at radius 1 is 1.40 bits per heavy atom. The van der Waals surface area contributed by atoms with Crippen LogP contribution in [0.4, 0.5) is 4.39 Å². The van der Waals surface area contributed by atoms with Crippen LogP contribution in [0.5, 0.6) is 0 Å². The van der Waals surface area contributed by atoms with E-state index < -0.39 is 5.82 Å². The Hall–Kier alpha value is -1.30. The van der Waals surface area contributed by atoms with Crippen molar-refractivity contribution in [3.8, 4) is 23.5 Å². The Bertz CT molecular complexity index is 537. The Balaban J connectivity index is 2.55. The van der Waals surface area contributed by atoms with Gasteiger partial charge in [0.2, 0.25) is 0 Å². The minimum atomic E-state index is -0.402. The number of hydrogen-bond donors (Lipinski definition) is 0. The van der Waals surface area contributed by atoms with Crippen LogP contribution in [0.2, 0.25) is 5.02 Å². The summed E-state index contributed by atoms with van der Waals surface area (Å²) in [7, 11) is 0. The second-order valence-corrected chi connectivity index (χ2v) is 4.26. The third-order valence-corrected chi connectivity index (χ3v) is 3.16. The first-order valence-electron chi connectivity index (χ1n) is 4.22. The molecular formula is C12H6ClFS. The van der Waals surface area contributed by atoms with Gasteiger partial charge in [-0.3, -0.25) is 0 Å². The van der Waals surface area contributed by atoms with Crippen LogP contribution in [-0.4, -0.2) is 0 Å². The molecule has 0 aliphatic heterocycles. The fourth-order valence-corrected chi connectivity index (χ4v) is 2.17. The molecule has 74 valence electrons. The first-order valence-corrected chi connectivity index (χ1v) is 5.47. The van der Waals surface area contributed by atoms with Crippen molar-refractivity contribution < 1.29 is 4.39 Å². The van der Waals surface area contributed by atoms with Gasteiger partial charge in [-0.2, -0.15) is 0 Å². The Morgan fingerprint density at radius 3 is 2.87 bits per heavy atom. The number of thiophene rings is 1. The summed E-state index contributed by atoms with van der Waals surface area (Å²) < 4.78 is 13.6. The van der Waals surface area contributed by atoms with Crippen LogP contribution in [0.3, 0.4) is 0 Å². The predicted molar refractivity (Wildman–Crippen MR) is 62.7 cm³/mol. The van der Waals surface area contributed by atoms with E-state index in [-0.39, 0.29) is 5.02 Å². The van der Waals surface area contributed by atoms with Crippen LogP contribution >= 0.6 is 22.9 Å². The highest BCUT2D eigenvalue weighted by Crippen LogP contribution is 2.30. The van der Waals surface area contributed by atoms with Gasteiger partial charge in [-0.1, -0.05) is 29.7 Å². The van der Waals surface area contributed by atoms with Crippen molar-refractivity contribution in [3.63, 3.8) is 0 Å². The van der Waals surface area contributed by atoms with E-state index in [1.54, 1.807) is 18.2 Å². The molecule has 3 heteroatoms. The molecule has 2 aromatic rings. The molecule has 0 saturated heterocycles. The summed E-state index contributed by atoms with van der Waals surface area (Å²) >= 11 is 7.11. The Morgan fingerprint density at radius 2 is 2.20 bits per heavy atom. The van der Waals surface area contributed by atoms with E-state index in [1.807, 2.05) is 5.38 Å². The highest BCUT2D eigenvalue weighted by Gasteiger charge is 2.09. The molecule has 0 saturated carbocycles. The molecule has 1 aromatic heterocycles. The lowest BCUT2D eigenvalue weighted by Gasteiger charge is -2.00. The normalized spacial score (nSPS) is 9.93. The minimum Gasteiger partial charge on any atom is -0.205 e. The molecule has 0 amide bonds. The van der Waals surface area contributed by atoms with Crippen molar-refractivity contribution >= 4 is 22.9 Å². The lowest BCUT2D eigenvalue weighted by Crippen LogP contribution is -1.82. The summed E-state index contributed by atoms with van der Waals surface area (Å²) in [5, 5.41) is 1.95. The fraction of sp³-hybridized carbons (Fsp3) is 0. The Labute approximate surface area is 96.3 Å². The molecule has 0 aliphatic rings. The van der Waals surface area contributed by atoms with Gasteiger partial charge in [0.25, 0.3) is 0 Å². The van der Waals surface area contributed by atoms with Gasteiger partial charge in [0, 0.05) is 5.56 Å². The van der Waals surface area contributed by atoms with Crippen molar-refractivity contribution in [2.75, 3.05) is 0 Å². The van der Waals surface area contributed by atoms with E-state index in [0.29, 0.717) is 5.56 Å². The molecule has 2 rings (SSSR count). The van der Waals surface area contributed by atoms with E-state index in [4.69, 9.17) is 18.0 Å². The van der Waals surface area contributed by atoms with Gasteiger partial charge in [0.15, 0.2) is 0 Å². The van der Waals surface area contributed by atoms with E-state index in [1.165, 1.54) is 17.4 Å². The molecule has 0 radical (unpaired) electrons. The molecule has 0 nitrogen and oxygen atoms in total. The van der Waals surface area contributed by atoms with E-state index >= 15 is 0 Å². The number of benzene rings is 1. The number of halogens is 2. The largest absolute Gasteiger partial charge is 0.205 e. The van der Waals surface area contributed by atoms with Crippen molar-refractivity contribution in [1.82, 2.24) is 0 Å². The van der Waals surface area contributed by atoms with Crippen LogP contribution in [0, 0.1) is 18.2 Å². The maximum absolute atomic E-state index is 13.6. The van der Waals surface area contributed by atoms with Gasteiger partial charge in [-0.25, -0.2) is 4.39 Å². The number of hydrogen-bond acceptors (Lipinski definition) is 1. The lowest BCUT2D eigenvalue weighted by atomic mass is 10.1. The summed E-state index contributed by atoms with van der Waals surface area (Å²) in [5.41, 5.74) is 1.26. The molecular weight excluding hydrogens is 231 g/mol. The summed E-state index contributed by atoms with van der Waals surface area (Å²) in [5.74, 6) is 2.11. The minimum absolute atomic E-state index is 0.126. The van der Waals surface area contributed by atoms with Crippen LogP contribution in [0.25, 0.3) is 11.1 Å². The highest BCUT2D eigenvalue weighted by atomic mass is 35.5. The van der Waals surface area contributed by atoms with E-state index in [0.717, 1.165) is 10.4 Å². The lowest BCUT2D eigenvalue weighted by molar-refractivity contribution is 0.632. The molecule has 0 fully saturated rings. The molecule has 1 heterocycles. The molecule has 15 heavy (non-hydrogen) atoms. The van der Waals surface area contributed by atoms with Crippen molar-refractivity contribution in [2.45, 2.75) is 0 Å². The zero-order valence-corrected chi connectivity index (χ0v) is 9.20. The van der Waals surface area contributed by atoms with Gasteiger partial charge < -0.3 is 0 Å². The van der Waals surface area contributed by atoms with Crippen molar-refractivity contribution in [3.05, 3.63) is 45.4 Å². The monoisotopic (exact) mass is 236 g/mol. The maximum Gasteiger partial charge on any atom is 0.149 e. The molecule has 0 atom stereocenters. The van der Waals surface area contributed by atoms with Gasteiger partial charge in [0.1, 0.15) is 5.82 Å². The van der Waals surface area contributed by atoms with Gasteiger partial charge in [-0.15, -0.1) is 17.8 Å². The molecule has 0 aliphatic carbocycles. The third-order valence-electron chi connectivity index (χ3n) is 2.00. The van der Waals surface area contributed by atoms with E-state index in [9.17, 15) is 4.39 Å². The summed E-state index contributed by atoms with van der Waals surface area (Å²) in [6.45, 7) is 0. The van der Waals surface area contributed by atoms with Crippen LogP contribution in [0.15, 0.2) is 29.6 Å². The summed E-state index contributed by atoms with van der Waals surface area (Å²) in [4.78, 5) is 0.782. The standard InChI is InChI=1S/C12H6ClFS/c1-2-9-6-8(7-15-9)10-4-3-5-11(13)12(10)14/h1,3-7H. The van der Waals surface area contributed by atoms with Gasteiger partial charge >= 0.3 is 0 Å². The van der Waals surface area contributed by atoms with E-state index in [2.05, 4.69) is 5.92 Å². The molecule has 0 unspecified atom stereocenters. The second-order valence-electron chi connectivity index (χ2n) is 2.95. The van der Waals surface area contributed by atoms with Gasteiger partial charge in [0.05, 0.1) is 9.90 Å². The van der Waals surface area contributed by atoms with Crippen LogP contribution in [0.1, 0.15) is 4.88 Å². The molecule has 0 spiro atoms. The quantitative estimate of drug-likeness (QED) is 0.652. The van der Waals surface area contributed by atoms with Gasteiger partial charge in [-0.05, 0) is 23.1 Å². The highest BCUT2D eigenvalue weighted by molar-refractivity contribution is 7.11. The zero-order chi connectivity index (χ0) is 10.8. The summed E-state index contributed by atoms with van der Waals surface area (Å²) in [6, 6.07) is 6.70. The smallest absolute Gasteiger partial charge is 0.149 e. The van der Waals surface area contributed by atoms with Crippen molar-refractivity contribution in [2.24, 2.45) is 0 Å². The number of rotatable bonds is 1. The first-order chi connectivity index (χ1) is 7.22. The average Bonchev–Trinajstić information content (AvgIpc) is 2.70. The number of terminal acetylenes is 1. The first kappa shape index (κ1) is 10.2.